The third kappa shape index (κ3) is 3.77. The molecular formula is C18H26N2O3. The minimum Gasteiger partial charge on any atom is -0.472 e. The molecule has 23 heavy (non-hydrogen) atoms. The summed E-state index contributed by atoms with van der Waals surface area (Å²) in [6.45, 7) is 3.51. The van der Waals surface area contributed by atoms with Crippen LogP contribution in [0.4, 0.5) is 0 Å². The molecule has 5 heteroatoms. The van der Waals surface area contributed by atoms with Crippen molar-refractivity contribution in [2.24, 2.45) is 11.8 Å². The SMILES string of the molecule is CC1CCCCC1NC(=O)C1CCN(C(=O)c2ccoc2)CC1. The van der Waals surface area contributed by atoms with Crippen molar-refractivity contribution in [2.75, 3.05) is 13.1 Å². The van der Waals surface area contributed by atoms with Crippen molar-refractivity contribution in [1.82, 2.24) is 10.2 Å². The second kappa shape index (κ2) is 7.20. The highest BCUT2D eigenvalue weighted by molar-refractivity contribution is 5.94. The van der Waals surface area contributed by atoms with Gasteiger partial charge in [0.05, 0.1) is 11.8 Å². The average molecular weight is 318 g/mol. The Hall–Kier alpha value is -1.78. The van der Waals surface area contributed by atoms with Gasteiger partial charge in [0, 0.05) is 25.0 Å². The zero-order valence-electron chi connectivity index (χ0n) is 13.8. The molecule has 2 unspecified atom stereocenters. The van der Waals surface area contributed by atoms with Gasteiger partial charge in [0.15, 0.2) is 0 Å². The van der Waals surface area contributed by atoms with Crippen LogP contribution in [0.1, 0.15) is 55.8 Å². The number of hydrogen-bond acceptors (Lipinski definition) is 3. The zero-order chi connectivity index (χ0) is 16.2. The Balaban J connectivity index is 1.48. The summed E-state index contributed by atoms with van der Waals surface area (Å²) in [6.07, 6.45) is 9.29. The van der Waals surface area contributed by atoms with Gasteiger partial charge < -0.3 is 14.6 Å². The van der Waals surface area contributed by atoms with Gasteiger partial charge in [-0.2, -0.15) is 0 Å². The van der Waals surface area contributed by atoms with Crippen LogP contribution in [-0.2, 0) is 4.79 Å². The summed E-state index contributed by atoms with van der Waals surface area (Å²) in [6, 6.07) is 2.02. The number of carbonyl (C=O) groups is 2. The maximum absolute atomic E-state index is 12.5. The summed E-state index contributed by atoms with van der Waals surface area (Å²) in [7, 11) is 0. The largest absolute Gasteiger partial charge is 0.472 e. The Bertz CT molecular complexity index is 532. The van der Waals surface area contributed by atoms with Crippen LogP contribution < -0.4 is 5.32 Å². The van der Waals surface area contributed by atoms with Gasteiger partial charge >= 0.3 is 0 Å². The first-order valence-electron chi connectivity index (χ1n) is 8.77. The molecule has 0 bridgehead atoms. The van der Waals surface area contributed by atoms with E-state index in [1.165, 1.54) is 31.8 Å². The van der Waals surface area contributed by atoms with Gasteiger partial charge in [0.25, 0.3) is 5.91 Å². The van der Waals surface area contributed by atoms with Crippen molar-refractivity contribution in [3.63, 3.8) is 0 Å². The third-order valence-electron chi connectivity index (χ3n) is 5.36. The highest BCUT2D eigenvalue weighted by Crippen LogP contribution is 2.25. The molecule has 1 aromatic rings. The lowest BCUT2D eigenvalue weighted by Gasteiger charge is -2.34. The second-order valence-corrected chi connectivity index (χ2v) is 6.96. The molecule has 1 aromatic heterocycles. The molecule has 0 aromatic carbocycles. The molecule has 2 fully saturated rings. The van der Waals surface area contributed by atoms with E-state index in [1.54, 1.807) is 6.07 Å². The number of carbonyl (C=O) groups excluding carboxylic acids is 2. The molecule has 126 valence electrons. The van der Waals surface area contributed by atoms with E-state index in [4.69, 9.17) is 4.42 Å². The monoisotopic (exact) mass is 318 g/mol. The van der Waals surface area contributed by atoms with Crippen LogP contribution in [0.3, 0.4) is 0 Å². The Labute approximate surface area is 137 Å². The molecule has 5 nitrogen and oxygen atoms in total. The highest BCUT2D eigenvalue weighted by atomic mass is 16.3. The lowest BCUT2D eigenvalue weighted by molar-refractivity contribution is -0.127. The average Bonchev–Trinajstić information content (AvgIpc) is 3.11. The molecule has 1 aliphatic carbocycles. The van der Waals surface area contributed by atoms with Crippen LogP contribution in [0, 0.1) is 11.8 Å². The van der Waals surface area contributed by atoms with Crippen LogP contribution in [0.2, 0.25) is 0 Å². The minimum atomic E-state index is -0.00138. The van der Waals surface area contributed by atoms with E-state index in [1.807, 2.05) is 4.90 Å². The second-order valence-electron chi connectivity index (χ2n) is 6.96. The molecular weight excluding hydrogens is 292 g/mol. The van der Waals surface area contributed by atoms with E-state index in [9.17, 15) is 9.59 Å². The number of furan rings is 1. The van der Waals surface area contributed by atoms with Crippen molar-refractivity contribution in [3.05, 3.63) is 24.2 Å². The van der Waals surface area contributed by atoms with Crippen molar-refractivity contribution in [1.29, 1.82) is 0 Å². The molecule has 1 saturated carbocycles. The number of nitrogens with one attached hydrogen (secondary N) is 1. The lowest BCUT2D eigenvalue weighted by Crippen LogP contribution is -2.47. The number of amides is 2. The van der Waals surface area contributed by atoms with E-state index in [2.05, 4.69) is 12.2 Å². The van der Waals surface area contributed by atoms with Gasteiger partial charge in [0.1, 0.15) is 6.26 Å². The number of hydrogen-bond donors (Lipinski definition) is 1. The standard InChI is InChI=1S/C18H26N2O3/c1-13-4-2-3-5-16(13)19-17(21)14-6-9-20(10-7-14)18(22)15-8-11-23-12-15/h8,11-14,16H,2-7,9-10H2,1H3,(H,19,21). The molecule has 2 aliphatic rings. The smallest absolute Gasteiger partial charge is 0.257 e. The Morgan fingerprint density at radius 2 is 1.91 bits per heavy atom. The summed E-state index contributed by atoms with van der Waals surface area (Å²) in [5.41, 5.74) is 0.587. The highest BCUT2D eigenvalue weighted by Gasteiger charge is 2.30. The number of piperidine rings is 1. The molecule has 0 radical (unpaired) electrons. The number of rotatable bonds is 3. The van der Waals surface area contributed by atoms with Gasteiger partial charge in [-0.1, -0.05) is 19.8 Å². The van der Waals surface area contributed by atoms with E-state index in [-0.39, 0.29) is 17.7 Å². The molecule has 0 spiro atoms. The van der Waals surface area contributed by atoms with Crippen molar-refractivity contribution < 1.29 is 14.0 Å². The predicted octanol–water partition coefficient (Wildman–Crippen LogP) is 2.83. The lowest BCUT2D eigenvalue weighted by atomic mass is 9.85. The normalized spacial score (nSPS) is 26.0. The summed E-state index contributed by atoms with van der Waals surface area (Å²) < 4.78 is 4.97. The maximum atomic E-state index is 12.5. The fourth-order valence-corrected chi connectivity index (χ4v) is 3.74. The first-order chi connectivity index (χ1) is 11.1. The van der Waals surface area contributed by atoms with Gasteiger partial charge in [-0.05, 0) is 37.7 Å². The summed E-state index contributed by atoms with van der Waals surface area (Å²) in [4.78, 5) is 26.6. The zero-order valence-corrected chi connectivity index (χ0v) is 13.8. The Morgan fingerprint density at radius 1 is 1.17 bits per heavy atom. The third-order valence-corrected chi connectivity index (χ3v) is 5.36. The molecule has 2 amide bonds. The van der Waals surface area contributed by atoms with Crippen molar-refractivity contribution in [2.45, 2.75) is 51.5 Å². The van der Waals surface area contributed by atoms with E-state index >= 15 is 0 Å². The van der Waals surface area contributed by atoms with Gasteiger partial charge in [-0.15, -0.1) is 0 Å². The van der Waals surface area contributed by atoms with Gasteiger partial charge in [-0.3, -0.25) is 9.59 Å². The molecule has 1 N–H and O–H groups in total. The minimum absolute atomic E-state index is 0.00138. The van der Waals surface area contributed by atoms with Crippen LogP contribution in [0.15, 0.2) is 23.0 Å². The molecule has 3 rings (SSSR count). The van der Waals surface area contributed by atoms with E-state index in [0.29, 0.717) is 30.6 Å². The van der Waals surface area contributed by atoms with Crippen LogP contribution in [0.25, 0.3) is 0 Å². The quantitative estimate of drug-likeness (QED) is 0.932. The van der Waals surface area contributed by atoms with Crippen molar-refractivity contribution in [3.8, 4) is 0 Å². The summed E-state index contributed by atoms with van der Waals surface area (Å²) in [5.74, 6) is 0.797. The summed E-state index contributed by atoms with van der Waals surface area (Å²) >= 11 is 0. The fourth-order valence-electron chi connectivity index (χ4n) is 3.74. The number of nitrogens with zero attached hydrogens (tertiary/aromatic N) is 1. The maximum Gasteiger partial charge on any atom is 0.257 e. The number of likely N-dealkylation sites (tertiary alicyclic amines) is 1. The van der Waals surface area contributed by atoms with Crippen LogP contribution >= 0.6 is 0 Å². The first kappa shape index (κ1) is 16.1. The fraction of sp³-hybridized carbons (Fsp3) is 0.667. The molecule has 2 atom stereocenters. The molecule has 1 aliphatic heterocycles. The Kier molecular flexibility index (Phi) is 5.03. The predicted molar refractivity (Wildman–Crippen MR) is 86.9 cm³/mol. The van der Waals surface area contributed by atoms with Crippen LogP contribution in [0.5, 0.6) is 0 Å². The molecule has 2 heterocycles. The van der Waals surface area contributed by atoms with E-state index in [0.717, 1.165) is 19.3 Å². The van der Waals surface area contributed by atoms with Gasteiger partial charge in [0.2, 0.25) is 5.91 Å². The topological polar surface area (TPSA) is 62.6 Å². The van der Waals surface area contributed by atoms with Crippen LogP contribution in [-0.4, -0.2) is 35.8 Å². The molecule has 1 saturated heterocycles. The first-order valence-corrected chi connectivity index (χ1v) is 8.77. The Morgan fingerprint density at radius 3 is 2.57 bits per heavy atom. The summed E-state index contributed by atoms with van der Waals surface area (Å²) in [5, 5.41) is 3.25. The van der Waals surface area contributed by atoms with Crippen molar-refractivity contribution >= 4 is 11.8 Å². The van der Waals surface area contributed by atoms with E-state index < -0.39 is 0 Å². The van der Waals surface area contributed by atoms with Gasteiger partial charge in [-0.25, -0.2) is 0 Å².